The van der Waals surface area contributed by atoms with Crippen molar-refractivity contribution >= 4 is 23.6 Å². The minimum atomic E-state index is -1.16. The van der Waals surface area contributed by atoms with Gasteiger partial charge in [-0.25, -0.2) is 0 Å². The van der Waals surface area contributed by atoms with Crippen LogP contribution in [0.4, 0.5) is 0 Å². The van der Waals surface area contributed by atoms with Crippen LogP contribution in [0, 0.1) is 12.8 Å². The van der Waals surface area contributed by atoms with Gasteiger partial charge in [-0.2, -0.15) is 0 Å². The Morgan fingerprint density at radius 2 is 1.90 bits per heavy atom. The van der Waals surface area contributed by atoms with E-state index in [9.17, 15) is 19.2 Å². The Hall–Kier alpha value is -2.50. The molecule has 0 fully saturated rings. The third kappa shape index (κ3) is 2.44. The summed E-state index contributed by atoms with van der Waals surface area (Å²) in [4.78, 5) is 48.7. The van der Waals surface area contributed by atoms with E-state index in [1.165, 1.54) is 6.92 Å². The van der Waals surface area contributed by atoms with E-state index < -0.39 is 29.5 Å². The lowest BCUT2D eigenvalue weighted by Crippen LogP contribution is -2.40. The van der Waals surface area contributed by atoms with Crippen molar-refractivity contribution in [3.8, 4) is 0 Å². The largest absolute Gasteiger partial charge is 0.468 e. The summed E-state index contributed by atoms with van der Waals surface area (Å²) in [5, 5.41) is 0. The molecule has 0 aliphatic carbocycles. The first-order chi connectivity index (χ1) is 9.88. The minimum Gasteiger partial charge on any atom is -0.468 e. The van der Waals surface area contributed by atoms with Gasteiger partial charge in [0.15, 0.2) is 0 Å². The number of imide groups is 1. The highest BCUT2D eigenvalue weighted by atomic mass is 16.5. The number of aryl methyl sites for hydroxylation is 1. The predicted molar refractivity (Wildman–Crippen MR) is 72.7 cm³/mol. The maximum atomic E-state index is 12.3. The van der Waals surface area contributed by atoms with Gasteiger partial charge in [-0.05, 0) is 25.5 Å². The predicted octanol–water partition coefficient (Wildman–Crippen LogP) is 0.969. The molecule has 1 heterocycles. The van der Waals surface area contributed by atoms with Crippen molar-refractivity contribution in [3.63, 3.8) is 0 Å². The van der Waals surface area contributed by atoms with Gasteiger partial charge in [0.2, 0.25) is 0 Å². The zero-order valence-corrected chi connectivity index (χ0v) is 12.0. The summed E-state index contributed by atoms with van der Waals surface area (Å²) in [6.45, 7) is 2.66. The molecule has 2 amide bonds. The zero-order chi connectivity index (χ0) is 15.7. The van der Waals surface area contributed by atoms with Crippen molar-refractivity contribution < 1.29 is 23.9 Å². The van der Waals surface area contributed by atoms with Crippen molar-refractivity contribution in [1.29, 1.82) is 0 Å². The summed E-state index contributed by atoms with van der Waals surface area (Å²) < 4.78 is 4.55. The number of methoxy groups -OCH3 is 1. The van der Waals surface area contributed by atoms with Crippen LogP contribution in [-0.4, -0.2) is 42.1 Å². The number of benzene rings is 1. The standard InChI is InChI=1S/C15H15NO5/c1-8-5-4-6-10-12(8)14(19)16(13(10)18)7-11(9(2)17)15(20)21-3/h4-6,11H,7H2,1-3H3. The second kappa shape index (κ2) is 5.47. The molecule has 1 aromatic rings. The number of ether oxygens (including phenoxy) is 1. The van der Waals surface area contributed by atoms with Crippen LogP contribution < -0.4 is 0 Å². The van der Waals surface area contributed by atoms with Gasteiger partial charge in [0.25, 0.3) is 11.8 Å². The van der Waals surface area contributed by atoms with E-state index in [1.54, 1.807) is 25.1 Å². The third-order valence-corrected chi connectivity index (χ3v) is 3.55. The molecule has 0 spiro atoms. The molecule has 0 saturated heterocycles. The normalized spacial score (nSPS) is 14.9. The number of fused-ring (bicyclic) bond motifs is 1. The highest BCUT2D eigenvalue weighted by Crippen LogP contribution is 2.26. The fraction of sp³-hybridized carbons (Fsp3) is 0.333. The molecule has 0 radical (unpaired) electrons. The summed E-state index contributed by atoms with van der Waals surface area (Å²) in [6, 6.07) is 4.98. The summed E-state index contributed by atoms with van der Waals surface area (Å²) in [5.41, 5.74) is 1.31. The summed E-state index contributed by atoms with van der Waals surface area (Å²) in [6.07, 6.45) is 0. The lowest BCUT2D eigenvalue weighted by atomic mass is 10.0. The molecule has 1 aliphatic rings. The molecule has 6 heteroatoms. The summed E-state index contributed by atoms with van der Waals surface area (Å²) in [7, 11) is 1.16. The van der Waals surface area contributed by atoms with Crippen LogP contribution in [0.3, 0.4) is 0 Å². The van der Waals surface area contributed by atoms with Gasteiger partial charge >= 0.3 is 5.97 Å². The number of amides is 2. The van der Waals surface area contributed by atoms with Crippen molar-refractivity contribution in [2.45, 2.75) is 13.8 Å². The Labute approximate surface area is 121 Å². The first-order valence-corrected chi connectivity index (χ1v) is 6.42. The van der Waals surface area contributed by atoms with Crippen LogP contribution >= 0.6 is 0 Å². The van der Waals surface area contributed by atoms with Crippen LogP contribution in [0.15, 0.2) is 18.2 Å². The molecule has 0 aromatic heterocycles. The SMILES string of the molecule is COC(=O)C(CN1C(=O)c2cccc(C)c2C1=O)C(C)=O. The molecule has 21 heavy (non-hydrogen) atoms. The van der Waals surface area contributed by atoms with Gasteiger partial charge in [-0.15, -0.1) is 0 Å². The minimum absolute atomic E-state index is 0.298. The number of esters is 1. The smallest absolute Gasteiger partial charge is 0.318 e. The number of rotatable bonds is 4. The van der Waals surface area contributed by atoms with Crippen LogP contribution in [0.2, 0.25) is 0 Å². The molecule has 6 nitrogen and oxygen atoms in total. The highest BCUT2D eigenvalue weighted by molar-refractivity contribution is 6.22. The first kappa shape index (κ1) is 14.9. The summed E-state index contributed by atoms with van der Waals surface area (Å²) >= 11 is 0. The fourth-order valence-corrected chi connectivity index (χ4v) is 2.36. The molecule has 0 saturated carbocycles. The van der Waals surface area contributed by atoms with E-state index in [4.69, 9.17) is 0 Å². The Morgan fingerprint density at radius 1 is 1.24 bits per heavy atom. The molecule has 0 bridgehead atoms. The van der Waals surface area contributed by atoms with Crippen LogP contribution in [0.25, 0.3) is 0 Å². The number of hydrogen-bond donors (Lipinski definition) is 0. The van der Waals surface area contributed by atoms with E-state index in [-0.39, 0.29) is 6.54 Å². The number of carbonyl (C=O) groups is 4. The maximum Gasteiger partial charge on any atom is 0.318 e. The molecule has 110 valence electrons. The van der Waals surface area contributed by atoms with Gasteiger partial charge < -0.3 is 4.74 Å². The topological polar surface area (TPSA) is 80.8 Å². The average Bonchev–Trinajstić information content (AvgIpc) is 2.68. The Bertz CT molecular complexity index is 649. The molecular weight excluding hydrogens is 274 g/mol. The van der Waals surface area contributed by atoms with Crippen molar-refractivity contribution in [3.05, 3.63) is 34.9 Å². The van der Waals surface area contributed by atoms with E-state index in [0.29, 0.717) is 16.7 Å². The second-order valence-corrected chi connectivity index (χ2v) is 4.90. The lowest BCUT2D eigenvalue weighted by molar-refractivity contribution is -0.149. The number of hydrogen-bond acceptors (Lipinski definition) is 5. The average molecular weight is 289 g/mol. The van der Waals surface area contributed by atoms with Gasteiger partial charge in [0, 0.05) is 6.54 Å². The molecule has 1 unspecified atom stereocenters. The van der Waals surface area contributed by atoms with E-state index in [1.807, 2.05) is 0 Å². The second-order valence-electron chi connectivity index (χ2n) is 4.90. The van der Waals surface area contributed by atoms with E-state index in [0.717, 1.165) is 12.0 Å². The first-order valence-electron chi connectivity index (χ1n) is 6.42. The number of ketones is 1. The molecule has 1 aliphatic heterocycles. The van der Waals surface area contributed by atoms with Gasteiger partial charge in [-0.1, -0.05) is 12.1 Å². The number of carbonyl (C=O) groups excluding carboxylic acids is 4. The van der Waals surface area contributed by atoms with E-state index >= 15 is 0 Å². The lowest BCUT2D eigenvalue weighted by Gasteiger charge is -2.18. The van der Waals surface area contributed by atoms with Crippen molar-refractivity contribution in [2.24, 2.45) is 5.92 Å². The van der Waals surface area contributed by atoms with Gasteiger partial charge in [-0.3, -0.25) is 24.1 Å². The fourth-order valence-electron chi connectivity index (χ4n) is 2.36. The quantitative estimate of drug-likeness (QED) is 0.468. The number of Topliss-reactive ketones (excluding diaryl/α,β-unsaturated/α-hetero) is 1. The highest BCUT2D eigenvalue weighted by Gasteiger charge is 2.40. The molecular formula is C15H15NO5. The zero-order valence-electron chi connectivity index (χ0n) is 12.0. The molecule has 0 N–H and O–H groups in total. The van der Waals surface area contributed by atoms with Crippen molar-refractivity contribution in [1.82, 2.24) is 4.90 Å². The third-order valence-electron chi connectivity index (χ3n) is 3.55. The van der Waals surface area contributed by atoms with Gasteiger partial charge in [0.1, 0.15) is 11.7 Å². The maximum absolute atomic E-state index is 12.3. The monoisotopic (exact) mass is 289 g/mol. The van der Waals surface area contributed by atoms with E-state index in [2.05, 4.69) is 4.74 Å². The van der Waals surface area contributed by atoms with Gasteiger partial charge in [0.05, 0.1) is 18.2 Å². The Balaban J connectivity index is 2.34. The Kier molecular flexibility index (Phi) is 3.88. The van der Waals surface area contributed by atoms with Crippen LogP contribution in [-0.2, 0) is 14.3 Å². The summed E-state index contributed by atoms with van der Waals surface area (Å²) in [5.74, 6) is -3.33. The number of nitrogens with zero attached hydrogens (tertiary/aromatic N) is 1. The molecule has 1 aromatic carbocycles. The van der Waals surface area contributed by atoms with Crippen LogP contribution in [0.5, 0.6) is 0 Å². The Morgan fingerprint density at radius 3 is 2.43 bits per heavy atom. The van der Waals surface area contributed by atoms with Crippen molar-refractivity contribution in [2.75, 3.05) is 13.7 Å². The molecule has 2 rings (SSSR count). The molecule has 1 atom stereocenters. The van der Waals surface area contributed by atoms with Crippen LogP contribution in [0.1, 0.15) is 33.2 Å².